The highest BCUT2D eigenvalue weighted by Crippen LogP contribution is 2.39. The number of rotatable bonds is 3. The van der Waals surface area contributed by atoms with Crippen LogP contribution in [0.4, 0.5) is 29.3 Å². The summed E-state index contributed by atoms with van der Waals surface area (Å²) in [4.78, 5) is 23.9. The molecule has 0 amide bonds. The van der Waals surface area contributed by atoms with Crippen molar-refractivity contribution < 1.29 is 26.7 Å². The van der Waals surface area contributed by atoms with Crippen molar-refractivity contribution in [2.75, 3.05) is 36.1 Å². The zero-order valence-electron chi connectivity index (χ0n) is 15.5. The SMILES string of the molecule is CC1COCCN1c1nc2n(c(=O)c1F)C(C(F)(F)F)CCN2Cc1ncco1. The molecule has 12 heteroatoms. The van der Waals surface area contributed by atoms with Crippen LogP contribution in [0.2, 0.25) is 0 Å². The minimum atomic E-state index is -4.71. The lowest BCUT2D eigenvalue weighted by molar-refractivity contribution is -0.171. The third kappa shape index (κ3) is 3.56. The third-order valence-corrected chi connectivity index (χ3v) is 5.12. The smallest absolute Gasteiger partial charge is 0.409 e. The van der Waals surface area contributed by atoms with Gasteiger partial charge in [-0.2, -0.15) is 22.5 Å². The van der Waals surface area contributed by atoms with Gasteiger partial charge in [-0.25, -0.2) is 4.98 Å². The molecule has 2 atom stereocenters. The number of morpholine rings is 1. The first-order chi connectivity index (χ1) is 13.8. The van der Waals surface area contributed by atoms with Crippen LogP contribution in [-0.2, 0) is 11.3 Å². The Labute approximate surface area is 162 Å². The summed E-state index contributed by atoms with van der Waals surface area (Å²) in [7, 11) is 0. The second-order valence-electron chi connectivity index (χ2n) is 7.04. The standard InChI is InChI=1S/C17H19F4N5O3/c1-10-9-28-7-5-25(10)14-13(18)15(27)26-11(17(19,20)21)2-4-24(16(26)23-14)8-12-22-3-6-29-12/h3,6,10-11H,2,4-5,7-9H2,1H3. The van der Waals surface area contributed by atoms with E-state index in [0.717, 1.165) is 0 Å². The van der Waals surface area contributed by atoms with E-state index in [-0.39, 0.29) is 43.3 Å². The number of fused-ring (bicyclic) bond motifs is 1. The first-order valence-electron chi connectivity index (χ1n) is 9.14. The molecule has 4 rings (SSSR count). The number of aromatic nitrogens is 3. The van der Waals surface area contributed by atoms with Gasteiger partial charge in [0.25, 0.3) is 5.56 Å². The first kappa shape index (κ1) is 19.7. The second kappa shape index (κ2) is 7.32. The molecule has 0 N–H and O–H groups in total. The van der Waals surface area contributed by atoms with Crippen molar-refractivity contribution in [3.05, 3.63) is 34.5 Å². The van der Waals surface area contributed by atoms with E-state index in [4.69, 9.17) is 9.15 Å². The van der Waals surface area contributed by atoms with E-state index in [1.54, 1.807) is 11.8 Å². The number of anilines is 2. The van der Waals surface area contributed by atoms with E-state index >= 15 is 0 Å². The number of halogens is 4. The summed E-state index contributed by atoms with van der Waals surface area (Å²) in [6.07, 6.45) is -2.38. The lowest BCUT2D eigenvalue weighted by atomic mass is 10.1. The van der Waals surface area contributed by atoms with Gasteiger partial charge in [-0.3, -0.25) is 9.36 Å². The van der Waals surface area contributed by atoms with Crippen molar-refractivity contribution in [3.63, 3.8) is 0 Å². The molecule has 0 bridgehead atoms. The Hall–Kier alpha value is -2.63. The quantitative estimate of drug-likeness (QED) is 0.708. The van der Waals surface area contributed by atoms with Gasteiger partial charge >= 0.3 is 6.18 Å². The molecule has 0 radical (unpaired) electrons. The van der Waals surface area contributed by atoms with Crippen molar-refractivity contribution in [2.24, 2.45) is 0 Å². The molecule has 0 spiro atoms. The molecule has 2 unspecified atom stereocenters. The fourth-order valence-electron chi connectivity index (χ4n) is 3.69. The van der Waals surface area contributed by atoms with Gasteiger partial charge in [0.1, 0.15) is 12.3 Å². The van der Waals surface area contributed by atoms with Crippen molar-refractivity contribution in [3.8, 4) is 0 Å². The van der Waals surface area contributed by atoms with Crippen molar-refractivity contribution in [1.82, 2.24) is 14.5 Å². The molecular formula is C17H19F4N5O3. The second-order valence-corrected chi connectivity index (χ2v) is 7.04. The van der Waals surface area contributed by atoms with Crippen molar-refractivity contribution in [1.29, 1.82) is 0 Å². The maximum absolute atomic E-state index is 14.9. The molecule has 4 heterocycles. The molecule has 0 saturated carbocycles. The van der Waals surface area contributed by atoms with Gasteiger partial charge in [-0.05, 0) is 13.3 Å². The highest BCUT2D eigenvalue weighted by Gasteiger charge is 2.46. The molecule has 0 aliphatic carbocycles. The first-order valence-corrected chi connectivity index (χ1v) is 9.14. The van der Waals surface area contributed by atoms with Crippen LogP contribution < -0.4 is 15.4 Å². The zero-order valence-corrected chi connectivity index (χ0v) is 15.5. The summed E-state index contributed by atoms with van der Waals surface area (Å²) in [5.74, 6) is -1.56. The molecule has 2 aromatic heterocycles. The molecule has 1 fully saturated rings. The Morgan fingerprint density at radius 2 is 2.10 bits per heavy atom. The topological polar surface area (TPSA) is 76.6 Å². The average molecular weight is 417 g/mol. The monoisotopic (exact) mass is 417 g/mol. The van der Waals surface area contributed by atoms with Crippen LogP contribution in [0.5, 0.6) is 0 Å². The number of ether oxygens (including phenoxy) is 1. The summed E-state index contributed by atoms with van der Waals surface area (Å²) in [6, 6.07) is -2.43. The van der Waals surface area contributed by atoms with Gasteiger partial charge in [0.15, 0.2) is 5.82 Å². The molecule has 158 valence electrons. The van der Waals surface area contributed by atoms with Crippen LogP contribution in [0, 0.1) is 5.82 Å². The van der Waals surface area contributed by atoms with Crippen LogP contribution in [0.1, 0.15) is 25.3 Å². The van der Waals surface area contributed by atoms with Gasteiger partial charge in [-0.1, -0.05) is 0 Å². The predicted octanol–water partition coefficient (Wildman–Crippen LogP) is 2.11. The number of oxazole rings is 1. The van der Waals surface area contributed by atoms with Crippen LogP contribution in [0.25, 0.3) is 0 Å². The van der Waals surface area contributed by atoms with Crippen LogP contribution >= 0.6 is 0 Å². The molecule has 8 nitrogen and oxygen atoms in total. The minimum Gasteiger partial charge on any atom is -0.447 e. The average Bonchev–Trinajstić information content (AvgIpc) is 3.18. The number of hydrogen-bond donors (Lipinski definition) is 0. The Balaban J connectivity index is 1.84. The number of hydrogen-bond acceptors (Lipinski definition) is 7. The highest BCUT2D eigenvalue weighted by molar-refractivity contribution is 5.48. The summed E-state index contributed by atoms with van der Waals surface area (Å²) in [5.41, 5.74) is -1.34. The summed E-state index contributed by atoms with van der Waals surface area (Å²) >= 11 is 0. The molecule has 2 aliphatic heterocycles. The molecule has 0 aromatic carbocycles. The Morgan fingerprint density at radius 1 is 1.31 bits per heavy atom. The Kier molecular flexibility index (Phi) is 4.97. The Morgan fingerprint density at radius 3 is 2.76 bits per heavy atom. The molecule has 29 heavy (non-hydrogen) atoms. The molecule has 2 aromatic rings. The van der Waals surface area contributed by atoms with Gasteiger partial charge in [-0.15, -0.1) is 0 Å². The van der Waals surface area contributed by atoms with Crippen LogP contribution in [0.3, 0.4) is 0 Å². The van der Waals surface area contributed by atoms with E-state index in [1.165, 1.54) is 17.4 Å². The van der Waals surface area contributed by atoms with E-state index in [2.05, 4.69) is 9.97 Å². The Bertz CT molecular complexity index is 930. The van der Waals surface area contributed by atoms with Crippen LogP contribution in [0.15, 0.2) is 21.7 Å². The number of alkyl halides is 3. The van der Waals surface area contributed by atoms with E-state index in [0.29, 0.717) is 17.8 Å². The third-order valence-electron chi connectivity index (χ3n) is 5.12. The van der Waals surface area contributed by atoms with Crippen molar-refractivity contribution >= 4 is 11.8 Å². The zero-order chi connectivity index (χ0) is 20.8. The normalized spacial score (nSPS) is 22.7. The van der Waals surface area contributed by atoms with E-state index in [9.17, 15) is 22.4 Å². The van der Waals surface area contributed by atoms with Gasteiger partial charge in [0, 0.05) is 13.1 Å². The lowest BCUT2D eigenvalue weighted by Crippen LogP contribution is -2.49. The largest absolute Gasteiger partial charge is 0.447 e. The minimum absolute atomic E-state index is 0.00769. The number of nitrogens with zero attached hydrogens (tertiary/aromatic N) is 5. The summed E-state index contributed by atoms with van der Waals surface area (Å²) in [6.45, 7) is 2.60. The van der Waals surface area contributed by atoms with Gasteiger partial charge in [0.05, 0.1) is 32.0 Å². The van der Waals surface area contributed by atoms with E-state index in [1.807, 2.05) is 0 Å². The van der Waals surface area contributed by atoms with Crippen LogP contribution in [-0.4, -0.2) is 53.1 Å². The van der Waals surface area contributed by atoms with Crippen molar-refractivity contribution in [2.45, 2.75) is 38.1 Å². The van der Waals surface area contributed by atoms with Gasteiger partial charge < -0.3 is 19.0 Å². The molecule has 1 saturated heterocycles. The maximum Gasteiger partial charge on any atom is 0.409 e. The predicted molar refractivity (Wildman–Crippen MR) is 93.3 cm³/mol. The fourth-order valence-corrected chi connectivity index (χ4v) is 3.69. The highest BCUT2D eigenvalue weighted by atomic mass is 19.4. The van der Waals surface area contributed by atoms with Gasteiger partial charge in [0.2, 0.25) is 17.7 Å². The summed E-state index contributed by atoms with van der Waals surface area (Å²) < 4.78 is 66.5. The molecular weight excluding hydrogens is 398 g/mol. The van der Waals surface area contributed by atoms with E-state index < -0.39 is 30.0 Å². The fraction of sp³-hybridized carbons (Fsp3) is 0.588. The molecule has 2 aliphatic rings. The summed E-state index contributed by atoms with van der Waals surface area (Å²) in [5, 5.41) is 0. The maximum atomic E-state index is 14.9. The lowest BCUT2D eigenvalue weighted by Gasteiger charge is -2.38.